The first-order chi connectivity index (χ1) is 19.7. The van der Waals surface area contributed by atoms with Crippen molar-refractivity contribution in [2.75, 3.05) is 24.4 Å². The number of carboxylic acids is 1. The number of anilines is 2. The Labute approximate surface area is 257 Å². The summed E-state index contributed by atoms with van der Waals surface area (Å²) in [4.78, 5) is 41.0. The zero-order valence-corrected chi connectivity index (χ0v) is 23.3. The van der Waals surface area contributed by atoms with Crippen molar-refractivity contribution in [3.8, 4) is 23.0 Å². The van der Waals surface area contributed by atoms with Gasteiger partial charge in [0, 0.05) is 29.0 Å². The van der Waals surface area contributed by atoms with Gasteiger partial charge in [-0.05, 0) is 67.4 Å². The van der Waals surface area contributed by atoms with E-state index in [4.69, 9.17) is 30.9 Å². The van der Waals surface area contributed by atoms with Crippen molar-refractivity contribution in [2.45, 2.75) is 12.8 Å². The fourth-order valence-electron chi connectivity index (χ4n) is 4.13. The maximum atomic E-state index is 13.2. The molecular weight excluding hydrogens is 564 g/mol. The molecule has 5 rings (SSSR count). The van der Waals surface area contributed by atoms with Gasteiger partial charge in [-0.15, -0.1) is 0 Å². The van der Waals surface area contributed by atoms with E-state index in [0.717, 1.165) is 0 Å². The van der Waals surface area contributed by atoms with Gasteiger partial charge >= 0.3 is 24.8 Å². The Kier molecular flexibility index (Phi) is 9.26. The van der Waals surface area contributed by atoms with Crippen molar-refractivity contribution < 1.29 is 58.4 Å². The van der Waals surface area contributed by atoms with Crippen molar-refractivity contribution in [1.29, 1.82) is 0 Å². The molecule has 1 saturated carbocycles. The van der Waals surface area contributed by atoms with Crippen LogP contribution in [0.3, 0.4) is 0 Å². The molecule has 0 unspecified atom stereocenters. The van der Waals surface area contributed by atoms with Crippen LogP contribution >= 0.6 is 11.6 Å². The molecule has 13 heteroatoms. The number of carbonyl (C=O) groups excluding carboxylic acids is 2. The number of carbonyl (C=O) groups is 3. The van der Waals surface area contributed by atoms with Crippen LogP contribution in [0.4, 0.5) is 15.8 Å². The summed E-state index contributed by atoms with van der Waals surface area (Å²) in [6, 6.07) is 14.8. The van der Waals surface area contributed by atoms with Crippen molar-refractivity contribution in [3.63, 3.8) is 0 Å². The molecule has 3 N–H and O–H groups in total. The summed E-state index contributed by atoms with van der Waals surface area (Å²) < 4.78 is 29.8. The second-order valence-electron chi connectivity index (χ2n) is 9.26. The molecule has 10 nitrogen and oxygen atoms in total. The minimum Gasteiger partial charge on any atom is -1.00 e. The number of rotatable bonds is 10. The normalized spacial score (nSPS) is 12.9. The quantitative estimate of drug-likeness (QED) is 0.190. The first-order valence-electron chi connectivity index (χ1n) is 12.4. The summed E-state index contributed by atoms with van der Waals surface area (Å²) in [5.41, 5.74) is 0.00949. The van der Waals surface area contributed by atoms with Gasteiger partial charge in [-0.3, -0.25) is 14.6 Å². The van der Waals surface area contributed by atoms with Gasteiger partial charge in [-0.25, -0.2) is 9.18 Å². The maximum absolute atomic E-state index is 13.2. The minimum absolute atomic E-state index is 0. The SMILES string of the molecule is COc1cc2c(Oc3ccc(NC(=O)C4(C(=O)Nc5ccc(F)cc5)CC4)cc3Cl)ccnc2cc1OCC(=O)O.[H-].[Li+]. The molecule has 0 aliphatic heterocycles. The van der Waals surface area contributed by atoms with E-state index in [1.807, 2.05) is 0 Å². The topological polar surface area (TPSA) is 136 Å². The number of methoxy groups -OCH3 is 1. The monoisotopic (exact) mass is 587 g/mol. The van der Waals surface area contributed by atoms with E-state index in [1.54, 1.807) is 30.3 Å². The van der Waals surface area contributed by atoms with Crippen LogP contribution in [-0.2, 0) is 14.4 Å². The number of ether oxygens (including phenoxy) is 3. The summed E-state index contributed by atoms with van der Waals surface area (Å²) in [6.45, 7) is -0.545. The molecule has 0 spiro atoms. The third kappa shape index (κ3) is 6.60. The summed E-state index contributed by atoms with van der Waals surface area (Å²) in [5.74, 6) is -1.32. The van der Waals surface area contributed by atoms with Crippen LogP contribution in [0.5, 0.6) is 23.0 Å². The van der Waals surface area contributed by atoms with Gasteiger partial charge in [0.2, 0.25) is 11.8 Å². The number of benzene rings is 3. The second-order valence-corrected chi connectivity index (χ2v) is 9.66. The average molecular weight is 588 g/mol. The van der Waals surface area contributed by atoms with Crippen molar-refractivity contribution in [3.05, 3.63) is 77.7 Å². The summed E-state index contributed by atoms with van der Waals surface area (Å²) in [5, 5.41) is 15.1. The number of aromatic nitrogens is 1. The molecule has 1 aliphatic carbocycles. The van der Waals surface area contributed by atoms with Gasteiger partial charge in [0.1, 0.15) is 22.7 Å². The summed E-state index contributed by atoms with van der Waals surface area (Å²) in [7, 11) is 1.42. The first kappa shape index (κ1) is 30.7. The molecule has 3 aromatic carbocycles. The van der Waals surface area contributed by atoms with Crippen LogP contribution < -0.4 is 43.7 Å². The van der Waals surface area contributed by atoms with E-state index in [-0.39, 0.29) is 36.8 Å². The molecule has 0 bridgehead atoms. The first-order valence-corrected chi connectivity index (χ1v) is 12.7. The Morgan fingerprint density at radius 2 is 1.62 bits per heavy atom. The Morgan fingerprint density at radius 1 is 0.952 bits per heavy atom. The number of carboxylic acid groups (broad SMARTS) is 1. The molecule has 1 aliphatic rings. The Hall–Kier alpha value is -4.30. The van der Waals surface area contributed by atoms with Crippen molar-refractivity contribution in [2.24, 2.45) is 5.41 Å². The van der Waals surface area contributed by atoms with Gasteiger partial charge in [0.15, 0.2) is 18.1 Å². The van der Waals surface area contributed by atoms with Crippen LogP contribution in [0, 0.1) is 11.2 Å². The number of nitrogens with one attached hydrogen (secondary N) is 2. The predicted octanol–water partition coefficient (Wildman–Crippen LogP) is 2.77. The summed E-state index contributed by atoms with van der Waals surface area (Å²) >= 11 is 6.48. The van der Waals surface area contributed by atoms with Crippen LogP contribution in [0.1, 0.15) is 14.3 Å². The third-order valence-electron chi connectivity index (χ3n) is 6.47. The maximum Gasteiger partial charge on any atom is 1.00 e. The largest absolute Gasteiger partial charge is 1.00 e. The Balaban J connectivity index is 0.00000253. The van der Waals surface area contributed by atoms with Crippen LogP contribution in [0.15, 0.2) is 66.9 Å². The van der Waals surface area contributed by atoms with E-state index >= 15 is 0 Å². The number of pyridine rings is 1. The van der Waals surface area contributed by atoms with Crippen molar-refractivity contribution in [1.82, 2.24) is 4.98 Å². The van der Waals surface area contributed by atoms with E-state index in [1.165, 1.54) is 43.6 Å². The zero-order valence-electron chi connectivity index (χ0n) is 23.6. The molecule has 1 fully saturated rings. The van der Waals surface area contributed by atoms with Gasteiger partial charge in [0.05, 0.1) is 17.6 Å². The van der Waals surface area contributed by atoms with E-state index < -0.39 is 35.6 Å². The fourth-order valence-corrected chi connectivity index (χ4v) is 4.35. The van der Waals surface area contributed by atoms with Gasteiger partial charge in [-0.2, -0.15) is 0 Å². The molecule has 212 valence electrons. The summed E-state index contributed by atoms with van der Waals surface area (Å²) in [6.07, 6.45) is 2.27. The molecule has 0 saturated heterocycles. The molecule has 0 atom stereocenters. The molecule has 42 heavy (non-hydrogen) atoms. The number of hydrogen-bond acceptors (Lipinski definition) is 7. The van der Waals surface area contributed by atoms with Gasteiger partial charge in [0.25, 0.3) is 0 Å². The molecule has 0 radical (unpaired) electrons. The molecule has 4 aromatic rings. The van der Waals surface area contributed by atoms with Crippen molar-refractivity contribution >= 4 is 51.7 Å². The van der Waals surface area contributed by atoms with Gasteiger partial charge in [-0.1, -0.05) is 11.6 Å². The van der Waals surface area contributed by atoms with Crippen LogP contribution in [0.2, 0.25) is 5.02 Å². The third-order valence-corrected chi connectivity index (χ3v) is 6.76. The van der Waals surface area contributed by atoms with E-state index in [0.29, 0.717) is 46.6 Å². The van der Waals surface area contributed by atoms with Gasteiger partial charge < -0.3 is 31.4 Å². The van der Waals surface area contributed by atoms with Crippen LogP contribution in [0.25, 0.3) is 10.9 Å². The molecule has 1 heterocycles. The molecule has 2 amide bonds. The predicted molar refractivity (Wildman–Crippen MR) is 149 cm³/mol. The molecular formula is C29H24ClFLiN3O7. The molecule has 1 aromatic heterocycles. The Morgan fingerprint density at radius 3 is 2.24 bits per heavy atom. The number of hydrogen-bond donors (Lipinski definition) is 3. The Bertz CT molecular complexity index is 1670. The number of nitrogens with zero attached hydrogens (tertiary/aromatic N) is 1. The standard InChI is InChI=1S/C29H23ClFN3O7.Li.H/c1-39-24-13-19-21(14-25(24)40-15-26(35)36)32-11-8-22(19)41-23-7-6-18(12-20(23)30)34-28(38)29(9-10-29)27(37)33-17-4-2-16(31)3-5-17;;/h2-8,11-14H,9-10,15H2,1H3,(H,33,37)(H,34,38)(H,35,36);;/q;+1;-1. The number of halogens is 2. The zero-order chi connectivity index (χ0) is 29.1. The van der Waals surface area contributed by atoms with E-state index in [9.17, 15) is 18.8 Å². The number of fused-ring (bicyclic) bond motifs is 1. The van der Waals surface area contributed by atoms with Crippen LogP contribution in [-0.4, -0.2) is 41.6 Å². The number of amides is 2. The second kappa shape index (κ2) is 12.7. The fraction of sp³-hybridized carbons (Fsp3) is 0.172. The average Bonchev–Trinajstić information content (AvgIpc) is 3.77. The minimum atomic E-state index is -1.22. The van der Waals surface area contributed by atoms with E-state index in [2.05, 4.69) is 15.6 Å². The number of aliphatic carboxylic acids is 1. The smallest absolute Gasteiger partial charge is 1.00 e.